The second-order valence-corrected chi connectivity index (χ2v) is 14.0. The average Bonchev–Trinajstić information content (AvgIpc) is 3.07. The summed E-state index contributed by atoms with van der Waals surface area (Å²) >= 11 is 12.6. The lowest BCUT2D eigenvalue weighted by molar-refractivity contribution is 0.243. The lowest BCUT2D eigenvalue weighted by atomic mass is 10.2. The van der Waals surface area contributed by atoms with Gasteiger partial charge in [0.15, 0.2) is 11.4 Å². The maximum absolute atomic E-state index is 11.9. The largest absolute Gasteiger partial charge is 0.420 e. The van der Waals surface area contributed by atoms with E-state index in [9.17, 15) is 9.36 Å². The Labute approximate surface area is 200 Å². The topological polar surface area (TPSA) is 111 Å². The zero-order valence-corrected chi connectivity index (χ0v) is 21.6. The fourth-order valence-electron chi connectivity index (χ4n) is 2.50. The van der Waals surface area contributed by atoms with Crippen LogP contribution in [0.4, 0.5) is 0 Å². The van der Waals surface area contributed by atoms with E-state index in [1.165, 1.54) is 15.9 Å². The van der Waals surface area contributed by atoms with Crippen LogP contribution in [0.2, 0.25) is 5.02 Å². The van der Waals surface area contributed by atoms with E-state index < -0.39 is 25.3 Å². The van der Waals surface area contributed by atoms with Crippen molar-refractivity contribution in [1.82, 2.24) is 4.57 Å². The molecule has 1 heterocycles. The van der Waals surface area contributed by atoms with Gasteiger partial charge in [0, 0.05) is 11.1 Å². The molecule has 0 aliphatic carbocycles. The molecule has 0 amide bonds. The standard InChI is InChI=1S/C12H15ClNO4PS2.C7H9O3P/c1-3-16-19(20,17-4-2)21-8-14-10-6-5-9(13)7-11(10)18-12(14)15;8-7(11(9)10)6-4-2-1-3-5-6/h5-7H,3-4,8H2,1-2H3;1-5,7-8,11H,(H,9,10). The van der Waals surface area contributed by atoms with E-state index in [0.29, 0.717) is 40.8 Å². The third-order valence-electron chi connectivity index (χ3n) is 3.90. The number of oxazole rings is 1. The van der Waals surface area contributed by atoms with E-state index in [4.69, 9.17) is 46.9 Å². The molecule has 2 N–H and O–H groups in total. The van der Waals surface area contributed by atoms with E-state index >= 15 is 0 Å². The van der Waals surface area contributed by atoms with Gasteiger partial charge in [-0.05, 0) is 54.7 Å². The summed E-state index contributed by atoms with van der Waals surface area (Å²) in [5.74, 6) is -1.36. The molecule has 0 aliphatic rings. The van der Waals surface area contributed by atoms with Crippen LogP contribution < -0.4 is 5.76 Å². The summed E-state index contributed by atoms with van der Waals surface area (Å²) in [6.07, 6.45) is 0. The first kappa shape index (κ1) is 27.3. The van der Waals surface area contributed by atoms with Crippen molar-refractivity contribution in [2.45, 2.75) is 25.6 Å². The van der Waals surface area contributed by atoms with Crippen LogP contribution in [0.3, 0.4) is 0 Å². The number of benzene rings is 2. The molecule has 0 saturated heterocycles. The second kappa shape index (κ2) is 13.1. The van der Waals surface area contributed by atoms with Crippen molar-refractivity contribution >= 4 is 59.6 Å². The maximum Gasteiger partial charge on any atom is 0.420 e. The lowest BCUT2D eigenvalue weighted by Crippen LogP contribution is -2.12. The number of aliphatic hydroxyl groups excluding tert-OH is 1. The van der Waals surface area contributed by atoms with Crippen molar-refractivity contribution in [3.63, 3.8) is 0 Å². The first-order valence-corrected chi connectivity index (χ1v) is 15.5. The minimum absolute atomic E-state index is 0.310. The smallest absolute Gasteiger partial charge is 0.408 e. The molecule has 32 heavy (non-hydrogen) atoms. The molecule has 0 fully saturated rings. The number of fused-ring (bicyclic) bond motifs is 1. The molecule has 2 aromatic carbocycles. The Kier molecular flexibility index (Phi) is 11.2. The third-order valence-corrected chi connectivity index (χ3v) is 10.3. The van der Waals surface area contributed by atoms with Gasteiger partial charge in [0.1, 0.15) is 0 Å². The summed E-state index contributed by atoms with van der Waals surface area (Å²) in [5.41, 5.74) is -0.835. The van der Waals surface area contributed by atoms with Gasteiger partial charge in [0.25, 0.3) is 0 Å². The van der Waals surface area contributed by atoms with Crippen LogP contribution in [0.5, 0.6) is 0 Å². The molecule has 3 rings (SSSR count). The minimum atomic E-state index is -2.86. The van der Waals surface area contributed by atoms with Gasteiger partial charge in [-0.1, -0.05) is 41.9 Å². The minimum Gasteiger partial charge on any atom is -0.408 e. The van der Waals surface area contributed by atoms with Crippen molar-refractivity contribution in [3.8, 4) is 0 Å². The predicted octanol–water partition coefficient (Wildman–Crippen LogP) is 5.38. The number of nitrogens with zero attached hydrogens (tertiary/aromatic N) is 1. The van der Waals surface area contributed by atoms with Crippen molar-refractivity contribution in [1.29, 1.82) is 0 Å². The summed E-state index contributed by atoms with van der Waals surface area (Å²) in [4.78, 5) is 20.5. The quantitative estimate of drug-likeness (QED) is 0.346. The van der Waals surface area contributed by atoms with Crippen LogP contribution in [-0.2, 0) is 31.3 Å². The molecule has 0 radical (unpaired) electrons. The van der Waals surface area contributed by atoms with Gasteiger partial charge < -0.3 is 23.5 Å². The molecular weight excluding hydrogens is 516 g/mol. The molecule has 8 nitrogen and oxygen atoms in total. The van der Waals surface area contributed by atoms with E-state index in [-0.39, 0.29) is 0 Å². The zero-order chi connectivity index (χ0) is 23.7. The Hall–Kier alpha value is -0.930. The Bertz CT molecular complexity index is 1130. The van der Waals surface area contributed by atoms with E-state index in [0.717, 1.165) is 0 Å². The SMILES string of the molecule is CCOP(=S)(OCC)SCn1c(=O)oc2cc(Cl)ccc21.O=[PH](O)C(O)c1ccccc1. The number of aromatic nitrogens is 1. The van der Waals surface area contributed by atoms with Crippen molar-refractivity contribution in [2.24, 2.45) is 0 Å². The number of halogens is 1. The molecule has 1 aromatic heterocycles. The molecule has 0 spiro atoms. The van der Waals surface area contributed by atoms with Crippen LogP contribution in [0, 0.1) is 0 Å². The van der Waals surface area contributed by atoms with Gasteiger partial charge in [-0.3, -0.25) is 9.13 Å². The molecule has 0 bridgehead atoms. The van der Waals surface area contributed by atoms with Crippen molar-refractivity contribution in [2.75, 3.05) is 13.2 Å². The van der Waals surface area contributed by atoms with Crippen molar-refractivity contribution in [3.05, 3.63) is 69.7 Å². The van der Waals surface area contributed by atoms with Gasteiger partial charge in [-0.2, -0.15) is 0 Å². The Morgan fingerprint density at radius 2 is 1.84 bits per heavy atom. The van der Waals surface area contributed by atoms with Crippen molar-refractivity contribution < 1.29 is 28.0 Å². The highest BCUT2D eigenvalue weighted by Gasteiger charge is 2.21. The van der Waals surface area contributed by atoms with Crippen LogP contribution in [-0.4, -0.2) is 27.8 Å². The third kappa shape index (κ3) is 7.83. The number of rotatable bonds is 9. The van der Waals surface area contributed by atoms with Crippen LogP contribution in [0.1, 0.15) is 25.3 Å². The van der Waals surface area contributed by atoms with Gasteiger partial charge >= 0.3 is 5.76 Å². The fourth-order valence-corrected chi connectivity index (χ4v) is 7.40. The van der Waals surface area contributed by atoms with E-state index in [2.05, 4.69) is 0 Å². The van der Waals surface area contributed by atoms with Crippen LogP contribution in [0.15, 0.2) is 57.7 Å². The predicted molar refractivity (Wildman–Crippen MR) is 133 cm³/mol. The van der Waals surface area contributed by atoms with Gasteiger partial charge in [0.05, 0.1) is 24.6 Å². The van der Waals surface area contributed by atoms with Crippen LogP contribution in [0.25, 0.3) is 11.1 Å². The number of hydrogen-bond acceptors (Lipinski definition) is 8. The molecule has 0 aliphatic heterocycles. The normalized spacial score (nSPS) is 13.4. The van der Waals surface area contributed by atoms with Gasteiger partial charge in [0.2, 0.25) is 13.7 Å². The maximum atomic E-state index is 11.9. The highest BCUT2D eigenvalue weighted by Crippen LogP contribution is 2.61. The molecule has 2 atom stereocenters. The Morgan fingerprint density at radius 1 is 1.22 bits per heavy atom. The fraction of sp³-hybridized carbons (Fsp3) is 0.316. The summed E-state index contributed by atoms with van der Waals surface area (Å²) in [6.45, 7) is 4.67. The molecule has 176 valence electrons. The Balaban J connectivity index is 0.000000278. The van der Waals surface area contributed by atoms with Crippen LogP contribution >= 0.6 is 36.7 Å². The Morgan fingerprint density at radius 3 is 2.41 bits per heavy atom. The first-order valence-electron chi connectivity index (χ1n) is 9.49. The molecule has 13 heteroatoms. The zero-order valence-electron chi connectivity index (χ0n) is 17.3. The second-order valence-electron chi connectivity index (χ2n) is 6.10. The average molecular weight is 540 g/mol. The molecule has 3 aromatic rings. The van der Waals surface area contributed by atoms with Gasteiger partial charge in [-0.15, -0.1) is 0 Å². The molecule has 2 unspecified atom stereocenters. The summed E-state index contributed by atoms with van der Waals surface area (Å²) in [5, 5.41) is 9.60. The summed E-state index contributed by atoms with van der Waals surface area (Å²) in [6, 6.07) is 13.5. The number of aliphatic hydroxyl groups is 1. The van der Waals surface area contributed by atoms with Gasteiger partial charge in [-0.25, -0.2) is 4.79 Å². The summed E-state index contributed by atoms with van der Waals surface area (Å²) in [7, 11) is -2.86. The van der Waals surface area contributed by atoms with E-state index in [1.54, 1.807) is 48.5 Å². The molecule has 0 saturated carbocycles. The summed E-state index contributed by atoms with van der Waals surface area (Å²) < 4.78 is 28.2. The highest BCUT2D eigenvalue weighted by molar-refractivity contribution is 8.67. The highest BCUT2D eigenvalue weighted by atomic mass is 35.5. The lowest BCUT2D eigenvalue weighted by Gasteiger charge is -2.19. The first-order chi connectivity index (χ1) is 15.2. The molecular formula is C19H24ClNO7P2S2. The monoisotopic (exact) mass is 539 g/mol. The van der Waals surface area contributed by atoms with E-state index in [1.807, 2.05) is 13.8 Å². The number of hydrogen-bond donors (Lipinski definition) is 2.